The highest BCUT2D eigenvalue weighted by molar-refractivity contribution is 8.18. The van der Waals surface area contributed by atoms with Gasteiger partial charge in [0.05, 0.1) is 10.9 Å². The lowest BCUT2D eigenvalue weighted by molar-refractivity contribution is -0.255. The van der Waals surface area contributed by atoms with Crippen molar-refractivity contribution in [3.63, 3.8) is 0 Å². The Morgan fingerprint density at radius 1 is 1.12 bits per heavy atom. The molecule has 10 heteroatoms. The molecule has 0 aliphatic carbocycles. The van der Waals surface area contributed by atoms with E-state index in [-0.39, 0.29) is 16.2 Å². The minimum atomic E-state index is -1.30. The van der Waals surface area contributed by atoms with Crippen molar-refractivity contribution < 1.29 is 33.1 Å². The molecule has 0 unspecified atom stereocenters. The maximum Gasteiger partial charge on any atom is 0.294 e. The number of anilines is 1. The minimum absolute atomic E-state index is 0.0375. The maximum atomic E-state index is 13.0. The number of furan rings is 1. The van der Waals surface area contributed by atoms with Crippen LogP contribution in [0.25, 0.3) is 17.4 Å². The second-order valence-corrected chi connectivity index (χ2v) is 8.28. The van der Waals surface area contributed by atoms with Gasteiger partial charge >= 0.3 is 0 Å². The Bertz CT molecular complexity index is 1350. The lowest BCUT2D eigenvalue weighted by Crippen LogP contribution is -2.36. The highest BCUT2D eigenvalue weighted by Gasteiger charge is 2.36. The van der Waals surface area contributed by atoms with Gasteiger partial charge < -0.3 is 19.6 Å². The van der Waals surface area contributed by atoms with Gasteiger partial charge in [-0.1, -0.05) is 18.2 Å². The number of carbonyl (C=O) groups excluding carboxylic acids is 4. The van der Waals surface area contributed by atoms with Gasteiger partial charge in [0.2, 0.25) is 5.91 Å². The molecule has 2 aromatic carbocycles. The SMILES string of the molecule is Cc1c(C(=O)[O-])cccc1-c1ccc(/C=C2/SC(=O)N(CC(=O)Nc3ccc(F)cc3)C2=O)o1. The van der Waals surface area contributed by atoms with Gasteiger partial charge in [-0.3, -0.25) is 19.3 Å². The molecule has 34 heavy (non-hydrogen) atoms. The zero-order valence-electron chi connectivity index (χ0n) is 17.7. The third kappa shape index (κ3) is 4.76. The van der Waals surface area contributed by atoms with Crippen molar-refractivity contribution >= 4 is 46.5 Å². The predicted molar refractivity (Wildman–Crippen MR) is 121 cm³/mol. The zero-order valence-corrected chi connectivity index (χ0v) is 18.5. The van der Waals surface area contributed by atoms with Crippen LogP contribution in [0.4, 0.5) is 14.9 Å². The van der Waals surface area contributed by atoms with E-state index in [0.29, 0.717) is 34.3 Å². The minimum Gasteiger partial charge on any atom is -0.545 e. The summed E-state index contributed by atoms with van der Waals surface area (Å²) in [4.78, 5) is 49.3. The monoisotopic (exact) mass is 479 g/mol. The topological polar surface area (TPSA) is 120 Å². The number of benzene rings is 2. The van der Waals surface area contributed by atoms with E-state index in [0.717, 1.165) is 4.90 Å². The molecule has 0 radical (unpaired) electrons. The molecule has 3 aromatic rings. The molecule has 1 saturated heterocycles. The average Bonchev–Trinajstić information content (AvgIpc) is 3.35. The van der Waals surface area contributed by atoms with Crippen LogP contribution in [-0.2, 0) is 9.59 Å². The summed E-state index contributed by atoms with van der Waals surface area (Å²) in [5, 5.41) is 13.1. The van der Waals surface area contributed by atoms with Crippen molar-refractivity contribution in [2.75, 3.05) is 11.9 Å². The highest BCUT2D eigenvalue weighted by atomic mass is 32.2. The van der Waals surface area contributed by atoms with Crippen LogP contribution in [0.2, 0.25) is 0 Å². The summed E-state index contributed by atoms with van der Waals surface area (Å²) < 4.78 is 18.7. The third-order valence-corrected chi connectivity index (χ3v) is 5.93. The van der Waals surface area contributed by atoms with E-state index in [1.165, 1.54) is 36.4 Å². The van der Waals surface area contributed by atoms with E-state index in [4.69, 9.17) is 4.42 Å². The summed E-state index contributed by atoms with van der Waals surface area (Å²) in [5.41, 5.74) is 1.38. The molecule has 8 nitrogen and oxygen atoms in total. The number of aromatic carboxylic acids is 1. The Labute approximate surface area is 197 Å². The Balaban J connectivity index is 1.48. The summed E-state index contributed by atoms with van der Waals surface area (Å²) in [6.07, 6.45) is 1.38. The molecule has 0 bridgehead atoms. The number of nitrogens with one attached hydrogen (secondary N) is 1. The molecule has 1 aromatic heterocycles. The number of rotatable bonds is 6. The molecule has 0 spiro atoms. The standard InChI is InChI=1S/C24H17FN2O6S/c1-13-17(3-2-4-18(13)23(30)31)19-10-9-16(33-19)11-20-22(29)27(24(32)34-20)12-21(28)26-15-7-5-14(25)6-8-15/h2-11H,12H2,1H3,(H,26,28)(H,30,31)/p-1/b20-11+. The van der Waals surface area contributed by atoms with E-state index in [2.05, 4.69) is 5.32 Å². The van der Waals surface area contributed by atoms with Gasteiger partial charge in [-0.15, -0.1) is 0 Å². The van der Waals surface area contributed by atoms with Crippen LogP contribution in [0.15, 0.2) is 63.9 Å². The fourth-order valence-corrected chi connectivity index (χ4v) is 4.16. The van der Waals surface area contributed by atoms with Crippen LogP contribution in [0.5, 0.6) is 0 Å². The van der Waals surface area contributed by atoms with Crippen LogP contribution < -0.4 is 10.4 Å². The van der Waals surface area contributed by atoms with Gasteiger partial charge in [0.25, 0.3) is 11.1 Å². The van der Waals surface area contributed by atoms with Crippen molar-refractivity contribution in [3.05, 3.63) is 82.2 Å². The third-order valence-electron chi connectivity index (χ3n) is 5.02. The maximum absolute atomic E-state index is 13.0. The number of imide groups is 1. The zero-order chi connectivity index (χ0) is 24.4. The van der Waals surface area contributed by atoms with E-state index < -0.39 is 35.4 Å². The second kappa shape index (κ2) is 9.36. The number of nitrogens with zero attached hydrogens (tertiary/aromatic N) is 1. The number of hydrogen-bond donors (Lipinski definition) is 1. The lowest BCUT2D eigenvalue weighted by atomic mass is 10.0. The number of amides is 3. The smallest absolute Gasteiger partial charge is 0.294 e. The summed E-state index contributed by atoms with van der Waals surface area (Å²) in [5.74, 6) is -2.38. The van der Waals surface area contributed by atoms with Crippen LogP contribution >= 0.6 is 11.8 Å². The number of hydrogen-bond acceptors (Lipinski definition) is 7. The summed E-state index contributed by atoms with van der Waals surface area (Å²) in [6, 6.07) is 13.0. The fraction of sp³-hybridized carbons (Fsp3) is 0.0833. The van der Waals surface area contributed by atoms with Crippen molar-refractivity contribution in [1.82, 2.24) is 4.90 Å². The van der Waals surface area contributed by atoms with Crippen LogP contribution in [0.1, 0.15) is 21.7 Å². The van der Waals surface area contributed by atoms with Gasteiger partial charge in [0.15, 0.2) is 0 Å². The molecule has 0 atom stereocenters. The molecule has 1 aliphatic rings. The molecule has 172 valence electrons. The first-order chi connectivity index (χ1) is 16.2. The Morgan fingerprint density at radius 2 is 1.85 bits per heavy atom. The first-order valence-corrected chi connectivity index (χ1v) is 10.8. The quantitative estimate of drug-likeness (QED) is 0.538. The van der Waals surface area contributed by atoms with Crippen LogP contribution in [0, 0.1) is 12.7 Å². The van der Waals surface area contributed by atoms with Crippen molar-refractivity contribution in [1.29, 1.82) is 0 Å². The molecule has 3 amide bonds. The number of carbonyl (C=O) groups is 4. The molecular weight excluding hydrogens is 463 g/mol. The predicted octanol–water partition coefficient (Wildman–Crippen LogP) is 3.43. The Hall–Kier alpha value is -4.18. The Morgan fingerprint density at radius 3 is 2.56 bits per heavy atom. The first kappa shape index (κ1) is 23.0. The molecule has 2 heterocycles. The first-order valence-electron chi connectivity index (χ1n) is 9.95. The van der Waals surface area contributed by atoms with E-state index in [1.54, 1.807) is 31.2 Å². The summed E-state index contributed by atoms with van der Waals surface area (Å²) in [6.45, 7) is 1.13. The molecule has 1 aliphatic heterocycles. The van der Waals surface area contributed by atoms with Crippen molar-refractivity contribution in [2.45, 2.75) is 6.92 Å². The highest BCUT2D eigenvalue weighted by Crippen LogP contribution is 2.34. The van der Waals surface area contributed by atoms with E-state index >= 15 is 0 Å². The Kier molecular flexibility index (Phi) is 6.33. The summed E-state index contributed by atoms with van der Waals surface area (Å²) in [7, 11) is 0. The number of thioether (sulfide) groups is 1. The molecule has 1 N–H and O–H groups in total. The van der Waals surface area contributed by atoms with E-state index in [1.807, 2.05) is 0 Å². The number of halogens is 1. The van der Waals surface area contributed by atoms with Crippen molar-refractivity contribution in [2.24, 2.45) is 0 Å². The molecular formula is C24H16FN2O6S-. The molecule has 4 rings (SSSR count). The molecule has 0 saturated carbocycles. The normalized spacial score (nSPS) is 14.6. The van der Waals surface area contributed by atoms with Gasteiger partial charge in [-0.2, -0.15) is 0 Å². The van der Waals surface area contributed by atoms with Gasteiger partial charge in [-0.05, 0) is 60.6 Å². The van der Waals surface area contributed by atoms with Crippen molar-refractivity contribution in [3.8, 4) is 11.3 Å². The van der Waals surface area contributed by atoms with Gasteiger partial charge in [-0.25, -0.2) is 4.39 Å². The average molecular weight is 479 g/mol. The largest absolute Gasteiger partial charge is 0.545 e. The lowest BCUT2D eigenvalue weighted by Gasteiger charge is -2.12. The second-order valence-electron chi connectivity index (χ2n) is 7.29. The van der Waals surface area contributed by atoms with Gasteiger partial charge in [0, 0.05) is 22.9 Å². The number of carboxylic acid groups (broad SMARTS) is 1. The van der Waals surface area contributed by atoms with Gasteiger partial charge in [0.1, 0.15) is 23.9 Å². The van der Waals surface area contributed by atoms with E-state index in [9.17, 15) is 28.7 Å². The fourth-order valence-electron chi connectivity index (χ4n) is 3.34. The van der Waals surface area contributed by atoms with Crippen LogP contribution in [0.3, 0.4) is 0 Å². The molecule has 1 fully saturated rings. The summed E-state index contributed by atoms with van der Waals surface area (Å²) >= 11 is 0.664. The number of carboxylic acids is 1. The van der Waals surface area contributed by atoms with Crippen LogP contribution in [-0.4, -0.2) is 34.5 Å².